The second-order valence-corrected chi connectivity index (χ2v) is 7.28. The fraction of sp³-hybridized carbons (Fsp3) is 0.105. The number of hydrogen-bond acceptors (Lipinski definition) is 8. The molecule has 5 aromatic heterocycles. The molecule has 10 nitrogen and oxygen atoms in total. The van der Waals surface area contributed by atoms with E-state index in [1.165, 1.54) is 0 Å². The lowest BCUT2D eigenvalue weighted by atomic mass is 10.5. The van der Waals surface area contributed by atoms with Crippen molar-refractivity contribution in [3.05, 3.63) is 76.1 Å². The molecule has 0 aliphatic rings. The molecule has 0 radical (unpaired) electrons. The Hall–Kier alpha value is -3.05. The first kappa shape index (κ1) is 26.2. The van der Waals surface area contributed by atoms with E-state index in [2.05, 4.69) is 30.4 Å². The molecule has 5 aromatic rings. The zero-order valence-electron chi connectivity index (χ0n) is 17.1. The van der Waals surface area contributed by atoms with Crippen LogP contribution in [0.15, 0.2) is 55.0 Å². The van der Waals surface area contributed by atoms with Gasteiger partial charge in [0.25, 0.3) is 0 Å². The summed E-state index contributed by atoms with van der Waals surface area (Å²) in [6.07, 6.45) is 5.83. The van der Waals surface area contributed by atoms with E-state index in [0.717, 1.165) is 17.0 Å². The van der Waals surface area contributed by atoms with E-state index in [1.54, 1.807) is 51.9 Å². The number of halogens is 4. The SMILES string of the molecule is Cc1cnc2ccc(Cl)nn12.Clc1ccc2nccn2n1.Nc1ccc(Cl)nn1.O=CCCl. The smallest absolute Gasteiger partial charge is 0.153 e. The molecular formula is C19H17Cl4N9O. The van der Waals surface area contributed by atoms with Gasteiger partial charge in [-0.25, -0.2) is 19.0 Å². The second-order valence-electron chi connectivity index (χ2n) is 5.81. The van der Waals surface area contributed by atoms with Gasteiger partial charge in [-0.3, -0.25) is 0 Å². The van der Waals surface area contributed by atoms with Crippen LogP contribution in [0, 0.1) is 6.92 Å². The lowest BCUT2D eigenvalue weighted by Crippen LogP contribution is -1.92. The number of nitrogens with two attached hydrogens (primary N) is 1. The predicted octanol–water partition coefficient (Wildman–Crippen LogP) is 4.21. The fourth-order valence-corrected chi connectivity index (χ4v) is 2.47. The Morgan fingerprint density at radius 3 is 2.15 bits per heavy atom. The summed E-state index contributed by atoms with van der Waals surface area (Å²) in [6, 6.07) is 10.3. The summed E-state index contributed by atoms with van der Waals surface area (Å²) in [5.41, 5.74) is 7.82. The molecule has 0 aliphatic heterocycles. The molecule has 0 saturated carbocycles. The molecule has 0 fully saturated rings. The molecular weight excluding hydrogens is 512 g/mol. The van der Waals surface area contributed by atoms with Crippen LogP contribution in [0.2, 0.25) is 15.5 Å². The number of anilines is 1. The van der Waals surface area contributed by atoms with Crippen molar-refractivity contribution in [3.8, 4) is 0 Å². The van der Waals surface area contributed by atoms with Crippen molar-refractivity contribution in [2.75, 3.05) is 11.6 Å². The van der Waals surface area contributed by atoms with Gasteiger partial charge in [-0.15, -0.1) is 21.8 Å². The van der Waals surface area contributed by atoms with E-state index in [1.807, 2.05) is 19.1 Å². The first-order valence-corrected chi connectivity index (χ1v) is 10.7. The van der Waals surface area contributed by atoms with Crippen molar-refractivity contribution in [3.63, 3.8) is 0 Å². The van der Waals surface area contributed by atoms with Gasteiger partial charge in [0, 0.05) is 12.4 Å². The Balaban J connectivity index is 0.000000164. The summed E-state index contributed by atoms with van der Waals surface area (Å²) in [4.78, 5) is 17.1. The van der Waals surface area contributed by atoms with Crippen molar-refractivity contribution in [1.82, 2.24) is 39.4 Å². The van der Waals surface area contributed by atoms with Crippen LogP contribution in [0.25, 0.3) is 11.3 Å². The molecule has 33 heavy (non-hydrogen) atoms. The molecule has 0 atom stereocenters. The van der Waals surface area contributed by atoms with Crippen LogP contribution in [0.1, 0.15) is 5.69 Å². The van der Waals surface area contributed by atoms with Crippen molar-refractivity contribution in [2.45, 2.75) is 6.92 Å². The van der Waals surface area contributed by atoms with E-state index < -0.39 is 0 Å². The number of fused-ring (bicyclic) bond motifs is 2. The van der Waals surface area contributed by atoms with Crippen LogP contribution in [0.5, 0.6) is 0 Å². The maximum absolute atomic E-state index is 9.04. The number of nitrogens with zero attached hydrogens (tertiary/aromatic N) is 8. The lowest BCUT2D eigenvalue weighted by molar-refractivity contribution is -0.105. The maximum Gasteiger partial charge on any atom is 0.153 e. The number of aromatic nitrogens is 8. The van der Waals surface area contributed by atoms with Gasteiger partial charge in [-0.05, 0) is 43.3 Å². The first-order valence-electron chi connectivity index (χ1n) is 9.01. The number of aryl methyl sites for hydroxylation is 1. The van der Waals surface area contributed by atoms with Crippen LogP contribution >= 0.6 is 46.4 Å². The Kier molecular flexibility index (Phi) is 10.7. The lowest BCUT2D eigenvalue weighted by Gasteiger charge is -1.93. The van der Waals surface area contributed by atoms with Crippen molar-refractivity contribution in [2.24, 2.45) is 0 Å². The van der Waals surface area contributed by atoms with Gasteiger partial charge in [0.05, 0.1) is 17.8 Å². The Morgan fingerprint density at radius 1 is 0.909 bits per heavy atom. The molecule has 172 valence electrons. The average molecular weight is 529 g/mol. The van der Waals surface area contributed by atoms with E-state index in [4.69, 9.17) is 56.9 Å². The normalized spacial score (nSPS) is 9.73. The molecule has 0 amide bonds. The molecule has 5 rings (SSSR count). The third-order valence-corrected chi connectivity index (χ3v) is 4.17. The molecule has 5 heterocycles. The zero-order valence-corrected chi connectivity index (χ0v) is 20.1. The van der Waals surface area contributed by atoms with Crippen LogP contribution in [-0.4, -0.2) is 51.6 Å². The number of hydrogen-bond donors (Lipinski definition) is 1. The average Bonchev–Trinajstić information content (AvgIpc) is 3.43. The third-order valence-electron chi connectivity index (χ3n) is 3.44. The van der Waals surface area contributed by atoms with Gasteiger partial charge >= 0.3 is 0 Å². The third kappa shape index (κ3) is 8.78. The molecule has 0 saturated heterocycles. The molecule has 0 bridgehead atoms. The highest BCUT2D eigenvalue weighted by Crippen LogP contribution is 2.08. The fourth-order valence-electron chi connectivity index (χ4n) is 2.08. The van der Waals surface area contributed by atoms with E-state index in [9.17, 15) is 0 Å². The summed E-state index contributed by atoms with van der Waals surface area (Å²) in [5.74, 6) is 0.495. The molecule has 14 heteroatoms. The van der Waals surface area contributed by atoms with Crippen molar-refractivity contribution < 1.29 is 4.79 Å². The largest absolute Gasteiger partial charge is 0.382 e. The van der Waals surface area contributed by atoms with Crippen LogP contribution in [-0.2, 0) is 4.79 Å². The number of imidazole rings is 2. The molecule has 0 spiro atoms. The highest BCUT2D eigenvalue weighted by Gasteiger charge is 1.98. The van der Waals surface area contributed by atoms with Gasteiger partial charge in [0.15, 0.2) is 16.4 Å². The van der Waals surface area contributed by atoms with Crippen LogP contribution in [0.3, 0.4) is 0 Å². The second kappa shape index (κ2) is 13.5. The zero-order chi connectivity index (χ0) is 24.2. The quantitative estimate of drug-likeness (QED) is 0.253. The highest BCUT2D eigenvalue weighted by molar-refractivity contribution is 6.29. The highest BCUT2D eigenvalue weighted by atomic mass is 35.5. The number of carbonyl (C=O) groups excluding carboxylic acids is 1. The van der Waals surface area contributed by atoms with Gasteiger partial charge in [0.2, 0.25) is 0 Å². The van der Waals surface area contributed by atoms with E-state index >= 15 is 0 Å². The number of aldehydes is 1. The summed E-state index contributed by atoms with van der Waals surface area (Å²) in [7, 11) is 0. The molecule has 2 N–H and O–H groups in total. The minimum Gasteiger partial charge on any atom is -0.382 e. The first-order chi connectivity index (χ1) is 15.8. The summed E-state index contributed by atoms with van der Waals surface area (Å²) >= 11 is 21.5. The summed E-state index contributed by atoms with van der Waals surface area (Å²) < 4.78 is 3.34. The molecule has 0 aliphatic carbocycles. The van der Waals surface area contributed by atoms with Gasteiger partial charge in [-0.1, -0.05) is 34.8 Å². The molecule has 0 aromatic carbocycles. The van der Waals surface area contributed by atoms with Gasteiger partial charge in [-0.2, -0.15) is 10.2 Å². The predicted molar refractivity (Wildman–Crippen MR) is 129 cm³/mol. The number of alkyl halides is 1. The summed E-state index contributed by atoms with van der Waals surface area (Å²) in [6.45, 7) is 1.93. The van der Waals surface area contributed by atoms with Crippen LogP contribution < -0.4 is 5.73 Å². The Bertz CT molecular complexity index is 1270. The van der Waals surface area contributed by atoms with Crippen molar-refractivity contribution >= 4 is 69.8 Å². The minimum absolute atomic E-state index is 0.111. The topological polar surface area (TPSA) is 129 Å². The van der Waals surface area contributed by atoms with E-state index in [0.29, 0.717) is 27.6 Å². The van der Waals surface area contributed by atoms with Crippen molar-refractivity contribution in [1.29, 1.82) is 0 Å². The molecule has 0 unspecified atom stereocenters. The van der Waals surface area contributed by atoms with Gasteiger partial charge < -0.3 is 10.5 Å². The maximum atomic E-state index is 9.04. The van der Waals surface area contributed by atoms with E-state index in [-0.39, 0.29) is 5.88 Å². The minimum atomic E-state index is 0.111. The number of rotatable bonds is 1. The summed E-state index contributed by atoms with van der Waals surface area (Å²) in [5, 5.41) is 16.3. The number of nitrogen functional groups attached to an aromatic ring is 1. The van der Waals surface area contributed by atoms with Gasteiger partial charge in [0.1, 0.15) is 22.4 Å². The number of carbonyl (C=O) groups is 1. The standard InChI is InChI=1S/C7H6ClN3.C6H4ClN3.C4H4ClN3.C2H3ClO/c1-5-4-9-7-3-2-6(8)10-11(5)7;7-5-1-2-6-8-3-4-10(6)9-5;5-3-1-2-4(6)8-7-3;3-1-2-4/h2-4H,1H3;1-4H;1-2H,(H2,6,8);2H,1H2. The Labute approximate surface area is 208 Å². The monoisotopic (exact) mass is 527 g/mol. The van der Waals surface area contributed by atoms with Crippen LogP contribution in [0.4, 0.5) is 5.82 Å². The Morgan fingerprint density at radius 2 is 1.55 bits per heavy atom.